The number of fused-ring (bicyclic) bond motifs is 3. The van der Waals surface area contributed by atoms with Crippen LogP contribution in [0.3, 0.4) is 0 Å². The van der Waals surface area contributed by atoms with E-state index < -0.39 is 0 Å². The van der Waals surface area contributed by atoms with Crippen LogP contribution in [0.4, 0.5) is 5.69 Å². The molecular weight excluding hydrogens is 214 g/mol. The van der Waals surface area contributed by atoms with Crippen LogP contribution in [0, 0.1) is 6.92 Å². The van der Waals surface area contributed by atoms with E-state index in [1.807, 2.05) is 27.0 Å². The second-order valence-corrected chi connectivity index (χ2v) is 4.16. The number of hydrogen-bond donors (Lipinski definition) is 1. The first-order chi connectivity index (χ1) is 8.34. The van der Waals surface area contributed by atoms with Crippen LogP contribution >= 0.6 is 0 Å². The normalized spacial score (nSPS) is 21.6. The van der Waals surface area contributed by atoms with Gasteiger partial charge in [0.1, 0.15) is 6.61 Å². The highest BCUT2D eigenvalue weighted by atomic mass is 16.5. The molecule has 1 fully saturated rings. The fraction of sp³-hybridized carbons (Fsp3) is 0.615. The van der Waals surface area contributed by atoms with Crippen molar-refractivity contribution in [3.05, 3.63) is 18.0 Å². The molecule has 0 spiro atoms. The van der Waals surface area contributed by atoms with Crippen molar-refractivity contribution in [3.63, 3.8) is 0 Å². The van der Waals surface area contributed by atoms with Crippen molar-refractivity contribution in [2.75, 3.05) is 31.1 Å². The number of aromatic nitrogens is 1. The Morgan fingerprint density at radius 1 is 1.47 bits per heavy atom. The van der Waals surface area contributed by atoms with Crippen molar-refractivity contribution in [1.82, 2.24) is 10.3 Å². The molecule has 1 unspecified atom stereocenters. The Kier molecular flexibility index (Phi) is 3.84. The third-order valence-corrected chi connectivity index (χ3v) is 3.07. The topological polar surface area (TPSA) is 37.4 Å². The molecule has 4 heteroatoms. The van der Waals surface area contributed by atoms with Crippen molar-refractivity contribution < 1.29 is 4.74 Å². The Balaban J connectivity index is 0.000000514. The minimum absolute atomic E-state index is 0.480. The molecule has 2 aliphatic rings. The van der Waals surface area contributed by atoms with Gasteiger partial charge in [0.2, 0.25) is 0 Å². The van der Waals surface area contributed by atoms with Gasteiger partial charge in [0.25, 0.3) is 0 Å². The standard InChI is InChI=1S/C11H15N3O.C2H6/c1-8-4-10-11(6-13-8)15-7-9-5-12-2-3-14(9)10;1-2/h4,6,9,12H,2-3,5,7H2,1H3;1-2H3. The van der Waals surface area contributed by atoms with Crippen molar-refractivity contribution in [1.29, 1.82) is 0 Å². The third kappa shape index (κ3) is 2.36. The van der Waals surface area contributed by atoms with Gasteiger partial charge in [-0.2, -0.15) is 0 Å². The maximum Gasteiger partial charge on any atom is 0.160 e. The molecule has 0 amide bonds. The van der Waals surface area contributed by atoms with Gasteiger partial charge in [-0.1, -0.05) is 13.8 Å². The highest BCUT2D eigenvalue weighted by molar-refractivity contribution is 5.60. The summed E-state index contributed by atoms with van der Waals surface area (Å²) >= 11 is 0. The monoisotopic (exact) mass is 235 g/mol. The van der Waals surface area contributed by atoms with E-state index in [0.29, 0.717) is 6.04 Å². The highest BCUT2D eigenvalue weighted by Crippen LogP contribution is 2.33. The number of nitrogens with zero attached hydrogens (tertiary/aromatic N) is 2. The van der Waals surface area contributed by atoms with Gasteiger partial charge in [-0.05, 0) is 13.0 Å². The minimum atomic E-state index is 0.480. The van der Waals surface area contributed by atoms with Crippen LogP contribution in [-0.4, -0.2) is 37.3 Å². The molecule has 3 rings (SSSR count). The van der Waals surface area contributed by atoms with Gasteiger partial charge in [0.05, 0.1) is 17.9 Å². The lowest BCUT2D eigenvalue weighted by atomic mass is 10.1. The fourth-order valence-corrected chi connectivity index (χ4v) is 2.28. The summed E-state index contributed by atoms with van der Waals surface area (Å²) in [7, 11) is 0. The molecule has 0 aromatic carbocycles. The van der Waals surface area contributed by atoms with Gasteiger partial charge in [-0.25, -0.2) is 0 Å². The number of aryl methyl sites for hydroxylation is 1. The molecule has 1 aromatic heterocycles. The van der Waals surface area contributed by atoms with Crippen LogP contribution in [0.1, 0.15) is 19.5 Å². The molecule has 1 N–H and O–H groups in total. The summed E-state index contributed by atoms with van der Waals surface area (Å²) in [5.41, 5.74) is 2.26. The number of nitrogens with one attached hydrogen (secondary N) is 1. The van der Waals surface area contributed by atoms with Crippen molar-refractivity contribution in [3.8, 4) is 5.75 Å². The maximum atomic E-state index is 5.70. The van der Waals surface area contributed by atoms with Gasteiger partial charge >= 0.3 is 0 Å². The van der Waals surface area contributed by atoms with E-state index in [2.05, 4.69) is 21.3 Å². The number of anilines is 1. The van der Waals surface area contributed by atoms with Crippen molar-refractivity contribution in [2.45, 2.75) is 26.8 Å². The molecule has 0 bridgehead atoms. The first kappa shape index (κ1) is 12.2. The van der Waals surface area contributed by atoms with Gasteiger partial charge < -0.3 is 15.0 Å². The molecule has 4 nitrogen and oxygen atoms in total. The SMILES string of the molecule is CC.Cc1cc2c(cn1)OCC1CNCCN21. The second kappa shape index (κ2) is 5.36. The minimum Gasteiger partial charge on any atom is -0.488 e. The van der Waals surface area contributed by atoms with E-state index in [4.69, 9.17) is 4.74 Å². The van der Waals surface area contributed by atoms with E-state index in [0.717, 1.165) is 37.7 Å². The van der Waals surface area contributed by atoms with E-state index in [-0.39, 0.29) is 0 Å². The highest BCUT2D eigenvalue weighted by Gasteiger charge is 2.29. The summed E-state index contributed by atoms with van der Waals surface area (Å²) in [5, 5.41) is 3.39. The van der Waals surface area contributed by atoms with E-state index in [9.17, 15) is 0 Å². The summed E-state index contributed by atoms with van der Waals surface area (Å²) in [6.07, 6.45) is 1.84. The summed E-state index contributed by atoms with van der Waals surface area (Å²) < 4.78 is 5.70. The van der Waals surface area contributed by atoms with Crippen LogP contribution in [0.2, 0.25) is 0 Å². The maximum absolute atomic E-state index is 5.70. The Hall–Kier alpha value is -1.29. The molecule has 1 saturated heterocycles. The smallest absolute Gasteiger partial charge is 0.160 e. The van der Waals surface area contributed by atoms with Crippen LogP contribution in [0.5, 0.6) is 5.75 Å². The summed E-state index contributed by atoms with van der Waals surface area (Å²) in [4.78, 5) is 6.70. The second-order valence-electron chi connectivity index (χ2n) is 4.16. The lowest BCUT2D eigenvalue weighted by Gasteiger charge is -2.41. The van der Waals surface area contributed by atoms with Gasteiger partial charge in [0, 0.05) is 25.3 Å². The van der Waals surface area contributed by atoms with Gasteiger partial charge in [-0.15, -0.1) is 0 Å². The van der Waals surface area contributed by atoms with Crippen LogP contribution in [0.15, 0.2) is 12.3 Å². The number of rotatable bonds is 0. The predicted molar refractivity (Wildman–Crippen MR) is 69.8 cm³/mol. The number of pyridine rings is 1. The van der Waals surface area contributed by atoms with E-state index >= 15 is 0 Å². The number of ether oxygens (including phenoxy) is 1. The van der Waals surface area contributed by atoms with Gasteiger partial charge in [0.15, 0.2) is 5.75 Å². The molecule has 3 heterocycles. The van der Waals surface area contributed by atoms with Crippen molar-refractivity contribution >= 4 is 5.69 Å². The molecule has 17 heavy (non-hydrogen) atoms. The molecule has 2 aliphatic heterocycles. The Labute approximate surface area is 103 Å². The molecule has 1 atom stereocenters. The average Bonchev–Trinajstić information content (AvgIpc) is 2.41. The van der Waals surface area contributed by atoms with E-state index in [1.54, 1.807) is 0 Å². The van der Waals surface area contributed by atoms with Crippen LogP contribution < -0.4 is 15.0 Å². The van der Waals surface area contributed by atoms with Crippen molar-refractivity contribution in [2.24, 2.45) is 0 Å². The molecular formula is C13H21N3O. The Morgan fingerprint density at radius 2 is 2.29 bits per heavy atom. The molecule has 94 valence electrons. The molecule has 0 radical (unpaired) electrons. The average molecular weight is 235 g/mol. The zero-order valence-corrected chi connectivity index (χ0v) is 10.9. The Morgan fingerprint density at radius 3 is 3.12 bits per heavy atom. The molecule has 0 aliphatic carbocycles. The van der Waals surface area contributed by atoms with E-state index in [1.165, 1.54) is 5.69 Å². The number of piperazine rings is 1. The van der Waals surface area contributed by atoms with Gasteiger partial charge in [-0.3, -0.25) is 4.98 Å². The first-order valence-corrected chi connectivity index (χ1v) is 6.41. The summed E-state index contributed by atoms with van der Waals surface area (Å²) in [6.45, 7) is 9.92. The summed E-state index contributed by atoms with van der Waals surface area (Å²) in [5.74, 6) is 0.929. The quantitative estimate of drug-likeness (QED) is 0.741. The third-order valence-electron chi connectivity index (χ3n) is 3.07. The zero-order valence-electron chi connectivity index (χ0n) is 10.9. The van der Waals surface area contributed by atoms with Crippen LogP contribution in [0.25, 0.3) is 0 Å². The Bertz CT molecular complexity index is 381. The first-order valence-electron chi connectivity index (χ1n) is 6.41. The zero-order chi connectivity index (χ0) is 12.3. The largest absolute Gasteiger partial charge is 0.488 e. The lowest BCUT2D eigenvalue weighted by molar-refractivity contribution is 0.246. The molecule has 0 saturated carbocycles. The lowest BCUT2D eigenvalue weighted by Crippen LogP contribution is -2.55. The van der Waals surface area contributed by atoms with Crippen LogP contribution in [-0.2, 0) is 0 Å². The summed E-state index contributed by atoms with van der Waals surface area (Å²) in [6, 6.07) is 2.60. The predicted octanol–water partition coefficient (Wildman–Crippen LogP) is 1.59. The fourth-order valence-electron chi connectivity index (χ4n) is 2.28. The molecule has 1 aromatic rings. The number of hydrogen-bond acceptors (Lipinski definition) is 4.